The third-order valence-corrected chi connectivity index (χ3v) is 5.32. The summed E-state index contributed by atoms with van der Waals surface area (Å²) in [6.45, 7) is 3.69. The van der Waals surface area contributed by atoms with Crippen LogP contribution in [-0.2, 0) is 11.2 Å². The number of rotatable bonds is 4. The number of nitrogens with zero attached hydrogens (tertiary/aromatic N) is 2. The fourth-order valence-corrected chi connectivity index (χ4v) is 3.47. The number of aryl methyl sites for hydroxylation is 1. The van der Waals surface area contributed by atoms with Gasteiger partial charge in [-0.25, -0.2) is 4.98 Å². The first-order chi connectivity index (χ1) is 11.5. The van der Waals surface area contributed by atoms with Gasteiger partial charge in [0.25, 0.3) is 5.56 Å². The Morgan fingerprint density at radius 2 is 2.17 bits per heavy atom. The minimum Gasteiger partial charge on any atom is -0.323 e. The van der Waals surface area contributed by atoms with Gasteiger partial charge in [-0.15, -0.1) is 11.3 Å². The highest BCUT2D eigenvalue weighted by Crippen LogP contribution is 2.23. The van der Waals surface area contributed by atoms with Crippen molar-refractivity contribution in [3.8, 4) is 0 Å². The number of carbonyl (C=O) groups is 1. The molecular formula is C17H16ClN3O2S. The second-order valence-electron chi connectivity index (χ2n) is 5.39. The quantitative estimate of drug-likeness (QED) is 0.767. The van der Waals surface area contributed by atoms with Crippen LogP contribution < -0.4 is 10.9 Å². The van der Waals surface area contributed by atoms with Crippen molar-refractivity contribution in [2.24, 2.45) is 0 Å². The number of anilines is 1. The van der Waals surface area contributed by atoms with Gasteiger partial charge in [0.1, 0.15) is 10.9 Å². The third kappa shape index (κ3) is 3.07. The molecule has 0 saturated carbocycles. The van der Waals surface area contributed by atoms with Crippen LogP contribution in [0.2, 0.25) is 5.02 Å². The molecule has 0 aliphatic carbocycles. The number of hydrogen-bond donors (Lipinski definition) is 1. The fraction of sp³-hybridized carbons (Fsp3) is 0.235. The predicted molar refractivity (Wildman–Crippen MR) is 98.1 cm³/mol. The monoisotopic (exact) mass is 361 g/mol. The number of hydrogen-bond acceptors (Lipinski definition) is 4. The summed E-state index contributed by atoms with van der Waals surface area (Å²) in [5, 5.41) is 3.75. The molecule has 0 fully saturated rings. The molecule has 1 amide bonds. The highest BCUT2D eigenvalue weighted by atomic mass is 35.5. The summed E-state index contributed by atoms with van der Waals surface area (Å²) in [5.41, 5.74) is 0.305. The van der Waals surface area contributed by atoms with E-state index in [2.05, 4.69) is 10.3 Å². The summed E-state index contributed by atoms with van der Waals surface area (Å²) in [4.78, 5) is 31.2. The van der Waals surface area contributed by atoms with Crippen LogP contribution in [0.5, 0.6) is 0 Å². The number of para-hydroxylation sites is 1. The molecule has 124 valence electrons. The third-order valence-electron chi connectivity index (χ3n) is 3.80. The normalized spacial score (nSPS) is 12.3. The van der Waals surface area contributed by atoms with Gasteiger partial charge in [0.2, 0.25) is 5.91 Å². The summed E-state index contributed by atoms with van der Waals surface area (Å²) >= 11 is 7.56. The van der Waals surface area contributed by atoms with Crippen molar-refractivity contribution in [1.82, 2.24) is 9.55 Å². The molecule has 3 rings (SSSR count). The van der Waals surface area contributed by atoms with Gasteiger partial charge in [-0.2, -0.15) is 0 Å². The largest absolute Gasteiger partial charge is 0.323 e. The van der Waals surface area contributed by atoms with E-state index in [0.29, 0.717) is 20.9 Å². The van der Waals surface area contributed by atoms with Crippen molar-refractivity contribution >= 4 is 44.7 Å². The molecule has 0 aliphatic heterocycles. The number of benzene rings is 1. The zero-order valence-electron chi connectivity index (χ0n) is 13.2. The zero-order chi connectivity index (χ0) is 17.3. The van der Waals surface area contributed by atoms with Crippen molar-refractivity contribution in [1.29, 1.82) is 0 Å². The maximum atomic E-state index is 12.6. The molecule has 2 aromatic heterocycles. The minimum absolute atomic E-state index is 0.210. The molecule has 24 heavy (non-hydrogen) atoms. The molecular weight excluding hydrogens is 346 g/mol. The van der Waals surface area contributed by atoms with Crippen molar-refractivity contribution in [2.45, 2.75) is 26.3 Å². The first kappa shape index (κ1) is 16.7. The van der Waals surface area contributed by atoms with Crippen LogP contribution in [0.3, 0.4) is 0 Å². The lowest BCUT2D eigenvalue weighted by Crippen LogP contribution is -2.31. The lowest BCUT2D eigenvalue weighted by molar-refractivity contribution is -0.118. The number of aromatic nitrogens is 2. The molecule has 1 N–H and O–H groups in total. The maximum Gasteiger partial charge on any atom is 0.262 e. The average molecular weight is 362 g/mol. The lowest BCUT2D eigenvalue weighted by Gasteiger charge is -2.15. The fourth-order valence-electron chi connectivity index (χ4n) is 2.36. The van der Waals surface area contributed by atoms with E-state index in [1.165, 1.54) is 22.2 Å². The van der Waals surface area contributed by atoms with Gasteiger partial charge < -0.3 is 5.32 Å². The highest BCUT2D eigenvalue weighted by Gasteiger charge is 2.19. The summed E-state index contributed by atoms with van der Waals surface area (Å²) in [6.07, 6.45) is 2.28. The first-order valence-electron chi connectivity index (χ1n) is 7.56. The topological polar surface area (TPSA) is 64.0 Å². The SMILES string of the molecule is CCc1cc2c(=O)n([C@H](C)C(=O)Nc3ccccc3Cl)cnc2s1. The van der Waals surface area contributed by atoms with Crippen LogP contribution in [0, 0.1) is 0 Å². The van der Waals surface area contributed by atoms with Crippen LogP contribution in [0.25, 0.3) is 10.2 Å². The summed E-state index contributed by atoms with van der Waals surface area (Å²) in [5.74, 6) is -0.322. The van der Waals surface area contributed by atoms with Gasteiger partial charge in [0, 0.05) is 4.88 Å². The maximum absolute atomic E-state index is 12.6. The molecule has 0 unspecified atom stereocenters. The number of nitrogens with one attached hydrogen (secondary N) is 1. The molecule has 1 atom stereocenters. The Balaban J connectivity index is 1.92. The van der Waals surface area contributed by atoms with Crippen molar-refractivity contribution in [2.75, 3.05) is 5.32 Å². The van der Waals surface area contributed by atoms with Gasteiger partial charge in [-0.05, 0) is 31.5 Å². The molecule has 5 nitrogen and oxygen atoms in total. The Morgan fingerprint density at radius 3 is 2.88 bits per heavy atom. The van der Waals surface area contributed by atoms with Crippen molar-refractivity contribution < 1.29 is 4.79 Å². The van der Waals surface area contributed by atoms with E-state index in [-0.39, 0.29) is 11.5 Å². The molecule has 2 heterocycles. The molecule has 0 aliphatic rings. The van der Waals surface area contributed by atoms with Crippen molar-refractivity contribution in [3.63, 3.8) is 0 Å². The predicted octanol–water partition coefficient (Wildman–Crippen LogP) is 3.87. The Labute approximate surface area is 147 Å². The molecule has 0 radical (unpaired) electrons. The smallest absolute Gasteiger partial charge is 0.262 e. The molecule has 3 aromatic rings. The van der Waals surface area contributed by atoms with Gasteiger partial charge in [-0.1, -0.05) is 30.7 Å². The molecule has 0 spiro atoms. The number of thiophene rings is 1. The summed E-state index contributed by atoms with van der Waals surface area (Å²) < 4.78 is 1.35. The molecule has 0 bridgehead atoms. The van der Waals surface area contributed by atoms with E-state index in [0.717, 1.165) is 11.3 Å². The Bertz CT molecular complexity index is 964. The summed E-state index contributed by atoms with van der Waals surface area (Å²) in [6, 6.07) is 8.12. The van der Waals surface area contributed by atoms with Crippen LogP contribution >= 0.6 is 22.9 Å². The van der Waals surface area contributed by atoms with Crippen LogP contribution in [-0.4, -0.2) is 15.5 Å². The first-order valence-corrected chi connectivity index (χ1v) is 8.75. The number of amides is 1. The highest BCUT2D eigenvalue weighted by molar-refractivity contribution is 7.18. The van der Waals surface area contributed by atoms with Crippen LogP contribution in [0.4, 0.5) is 5.69 Å². The van der Waals surface area contributed by atoms with E-state index in [4.69, 9.17) is 11.6 Å². The number of carbonyl (C=O) groups excluding carboxylic acids is 1. The Hall–Kier alpha value is -2.18. The summed E-state index contributed by atoms with van der Waals surface area (Å²) in [7, 11) is 0. The van der Waals surface area contributed by atoms with E-state index in [1.54, 1.807) is 31.2 Å². The van der Waals surface area contributed by atoms with Crippen LogP contribution in [0.15, 0.2) is 41.5 Å². The molecule has 1 aromatic carbocycles. The zero-order valence-corrected chi connectivity index (χ0v) is 14.8. The van der Waals surface area contributed by atoms with E-state index < -0.39 is 6.04 Å². The van der Waals surface area contributed by atoms with Gasteiger partial charge in [0.05, 0.1) is 22.4 Å². The van der Waals surface area contributed by atoms with Gasteiger partial charge in [0.15, 0.2) is 0 Å². The van der Waals surface area contributed by atoms with E-state index in [9.17, 15) is 9.59 Å². The molecule has 7 heteroatoms. The average Bonchev–Trinajstić information content (AvgIpc) is 3.01. The lowest BCUT2D eigenvalue weighted by atomic mass is 10.2. The second kappa shape index (κ2) is 6.75. The Morgan fingerprint density at radius 1 is 1.42 bits per heavy atom. The minimum atomic E-state index is -0.698. The Kier molecular flexibility index (Phi) is 4.69. The van der Waals surface area contributed by atoms with Gasteiger partial charge >= 0.3 is 0 Å². The van der Waals surface area contributed by atoms with E-state index >= 15 is 0 Å². The number of fused-ring (bicyclic) bond motifs is 1. The second-order valence-corrected chi connectivity index (χ2v) is 6.91. The van der Waals surface area contributed by atoms with Crippen molar-refractivity contribution in [3.05, 3.63) is 56.9 Å². The number of halogens is 1. The molecule has 0 saturated heterocycles. The van der Waals surface area contributed by atoms with Gasteiger partial charge in [-0.3, -0.25) is 14.2 Å². The van der Waals surface area contributed by atoms with Crippen LogP contribution in [0.1, 0.15) is 24.8 Å². The van der Waals surface area contributed by atoms with E-state index in [1.807, 2.05) is 13.0 Å². The standard InChI is InChI=1S/C17H16ClN3O2S/c1-3-11-8-12-16(24-11)19-9-21(17(12)23)10(2)15(22)20-14-7-5-4-6-13(14)18/h4-10H,3H2,1-2H3,(H,20,22)/t10-/m1/s1.